The molecule has 0 unspecified atom stereocenters. The van der Waals surface area contributed by atoms with Crippen molar-refractivity contribution >= 4 is 21.5 Å². The molecule has 9 heteroatoms. The molecule has 0 aliphatic heterocycles. The predicted octanol–water partition coefficient (Wildman–Crippen LogP) is 1.99. The van der Waals surface area contributed by atoms with Gasteiger partial charge in [-0.25, -0.2) is 13.1 Å². The number of benzene rings is 1. The number of hydrogen-bond acceptors (Lipinski definition) is 5. The van der Waals surface area contributed by atoms with Crippen LogP contribution in [0.3, 0.4) is 0 Å². The van der Waals surface area contributed by atoms with Crippen molar-refractivity contribution in [3.05, 3.63) is 23.8 Å². The second-order valence-electron chi connectivity index (χ2n) is 5.46. The fourth-order valence-corrected chi connectivity index (χ4v) is 3.46. The summed E-state index contributed by atoms with van der Waals surface area (Å²) in [7, 11) is -2.26. The molecule has 0 saturated heterocycles. The third-order valence-corrected chi connectivity index (χ3v) is 5.36. The predicted molar refractivity (Wildman–Crippen MR) is 89.1 cm³/mol. The van der Waals surface area contributed by atoms with E-state index in [4.69, 9.17) is 11.3 Å². The summed E-state index contributed by atoms with van der Waals surface area (Å²) < 4.78 is 26.2. The van der Waals surface area contributed by atoms with Crippen LogP contribution in [0.1, 0.15) is 37.7 Å². The van der Waals surface area contributed by atoms with Crippen molar-refractivity contribution in [1.29, 1.82) is 5.41 Å². The average molecular weight is 338 g/mol. The molecule has 1 aromatic carbocycles. The van der Waals surface area contributed by atoms with E-state index in [1.807, 2.05) is 0 Å². The molecule has 5 N–H and O–H groups in total. The van der Waals surface area contributed by atoms with Gasteiger partial charge in [0.2, 0.25) is 10.0 Å². The van der Waals surface area contributed by atoms with E-state index in [1.54, 1.807) is 6.07 Å². The molecule has 0 aromatic heterocycles. The lowest BCUT2D eigenvalue weighted by Gasteiger charge is -2.25. The van der Waals surface area contributed by atoms with Crippen LogP contribution in [0.5, 0.6) is 0 Å². The number of rotatable bonds is 5. The van der Waals surface area contributed by atoms with Gasteiger partial charge < -0.3 is 11.2 Å². The van der Waals surface area contributed by atoms with E-state index in [0.29, 0.717) is 17.3 Å². The topological polar surface area (TPSA) is 133 Å². The van der Waals surface area contributed by atoms with Crippen LogP contribution < -0.4 is 15.9 Å². The first-order valence-corrected chi connectivity index (χ1v) is 9.00. The molecule has 1 aliphatic carbocycles. The summed E-state index contributed by atoms with van der Waals surface area (Å²) in [5.41, 5.74) is 1.03. The maximum atomic E-state index is 12.0. The fraction of sp³-hybridized carbons (Fsp3) is 0.500. The van der Waals surface area contributed by atoms with Crippen LogP contribution in [0.15, 0.2) is 33.4 Å². The van der Waals surface area contributed by atoms with Crippen molar-refractivity contribution < 1.29 is 8.42 Å². The Balaban J connectivity index is 2.38. The number of nitrogens with zero attached hydrogens (tertiary/aromatic N) is 2. The van der Waals surface area contributed by atoms with E-state index in [-0.39, 0.29) is 10.7 Å². The molecular formula is C14H22N6O2S. The number of nitrogens with two attached hydrogens (primary N) is 1. The molecule has 0 heterocycles. The highest BCUT2D eigenvalue weighted by molar-refractivity contribution is 7.89. The second kappa shape index (κ2) is 7.51. The lowest BCUT2D eigenvalue weighted by molar-refractivity contribution is 0.462. The monoisotopic (exact) mass is 338 g/mol. The van der Waals surface area contributed by atoms with Crippen LogP contribution in [0.25, 0.3) is 0 Å². The zero-order valence-electron chi connectivity index (χ0n) is 13.0. The Morgan fingerprint density at radius 1 is 1.30 bits per heavy atom. The molecule has 1 saturated carbocycles. The molecule has 2 rings (SSSR count). The highest BCUT2D eigenvalue weighted by atomic mass is 32.2. The van der Waals surface area contributed by atoms with Gasteiger partial charge in [-0.3, -0.25) is 5.41 Å². The van der Waals surface area contributed by atoms with Crippen molar-refractivity contribution in [2.45, 2.75) is 43.0 Å². The van der Waals surface area contributed by atoms with E-state index in [2.05, 4.69) is 20.4 Å². The third-order valence-electron chi connectivity index (χ3n) is 3.95. The molecule has 0 atom stereocenters. The van der Waals surface area contributed by atoms with Gasteiger partial charge in [-0.1, -0.05) is 24.5 Å². The van der Waals surface area contributed by atoms with Gasteiger partial charge in [-0.15, -0.1) is 5.11 Å². The first-order chi connectivity index (χ1) is 11.0. The van der Waals surface area contributed by atoms with Gasteiger partial charge in [-0.05, 0) is 38.1 Å². The molecule has 23 heavy (non-hydrogen) atoms. The summed E-state index contributed by atoms with van der Waals surface area (Å²) in [5, 5.41) is 18.0. The average Bonchev–Trinajstić information content (AvgIpc) is 2.56. The van der Waals surface area contributed by atoms with Gasteiger partial charge >= 0.3 is 0 Å². The lowest BCUT2D eigenvalue weighted by Crippen LogP contribution is -2.24. The van der Waals surface area contributed by atoms with Crippen LogP contribution in [0, 0.1) is 5.41 Å². The van der Waals surface area contributed by atoms with E-state index >= 15 is 0 Å². The van der Waals surface area contributed by atoms with Crippen molar-refractivity contribution in [2.75, 3.05) is 12.4 Å². The van der Waals surface area contributed by atoms with E-state index in [1.165, 1.54) is 38.4 Å². The van der Waals surface area contributed by atoms with Crippen molar-refractivity contribution in [3.8, 4) is 0 Å². The molecule has 1 aliphatic rings. The summed E-state index contributed by atoms with van der Waals surface area (Å²) in [6, 6.07) is 4.90. The molecule has 0 amide bonds. The van der Waals surface area contributed by atoms with Crippen LogP contribution >= 0.6 is 0 Å². The van der Waals surface area contributed by atoms with Crippen molar-refractivity contribution in [1.82, 2.24) is 4.72 Å². The standard InChI is InChI=1S/C14H22N6O2S/c1-17-23(21,22)11-7-8-13(12(9-11)14(15)19-20-16)18-10-5-3-2-4-6-10/h7-10,17-18H,2-6H2,1H3,(H3,15,16,19). The van der Waals surface area contributed by atoms with Crippen LogP contribution in [-0.4, -0.2) is 27.3 Å². The Bertz CT molecular complexity index is 695. The molecule has 8 nitrogen and oxygen atoms in total. The number of hydrogen-bond donors (Lipinski definition) is 4. The number of amidine groups is 1. The van der Waals surface area contributed by atoms with Gasteiger partial charge in [0.15, 0.2) is 5.84 Å². The molecule has 0 spiro atoms. The maximum Gasteiger partial charge on any atom is 0.240 e. The number of nitrogens with one attached hydrogen (secondary N) is 3. The zero-order valence-corrected chi connectivity index (χ0v) is 13.9. The minimum absolute atomic E-state index is 0.0705. The third kappa shape index (κ3) is 4.26. The Hall–Kier alpha value is -2.00. The SMILES string of the molecule is CNS(=O)(=O)c1ccc(NC2CCCCC2)c(C(=N)N=NN)c1. The number of sulfonamides is 1. The van der Waals surface area contributed by atoms with Crippen LogP contribution in [-0.2, 0) is 10.0 Å². The summed E-state index contributed by atoms with van der Waals surface area (Å²) in [4.78, 5) is 0.0705. The molecule has 126 valence electrons. The minimum Gasteiger partial charge on any atom is -0.382 e. The fourth-order valence-electron chi connectivity index (χ4n) is 2.71. The summed E-state index contributed by atoms with van der Waals surface area (Å²) >= 11 is 0. The Morgan fingerprint density at radius 3 is 2.61 bits per heavy atom. The molecule has 0 radical (unpaired) electrons. The summed E-state index contributed by atoms with van der Waals surface area (Å²) in [6.07, 6.45) is 5.68. The zero-order chi connectivity index (χ0) is 16.9. The van der Waals surface area contributed by atoms with Crippen molar-refractivity contribution in [3.63, 3.8) is 0 Å². The normalized spacial score (nSPS) is 16.6. The molecule has 0 bridgehead atoms. The van der Waals surface area contributed by atoms with E-state index in [9.17, 15) is 8.42 Å². The smallest absolute Gasteiger partial charge is 0.240 e. The second-order valence-corrected chi connectivity index (χ2v) is 7.34. The summed E-state index contributed by atoms with van der Waals surface area (Å²) in [6.45, 7) is 0. The lowest BCUT2D eigenvalue weighted by atomic mass is 9.95. The number of anilines is 1. The van der Waals surface area contributed by atoms with Gasteiger partial charge in [0, 0.05) is 17.3 Å². The van der Waals surface area contributed by atoms with E-state index in [0.717, 1.165) is 12.8 Å². The Labute approximate surface area is 136 Å². The maximum absolute atomic E-state index is 12.0. The van der Waals surface area contributed by atoms with Gasteiger partial charge in [0.05, 0.1) is 4.90 Å². The quantitative estimate of drug-likeness (QED) is 0.215. The molecular weight excluding hydrogens is 316 g/mol. The van der Waals surface area contributed by atoms with E-state index < -0.39 is 10.0 Å². The first-order valence-electron chi connectivity index (χ1n) is 7.52. The molecule has 1 aromatic rings. The van der Waals surface area contributed by atoms with Gasteiger partial charge in [0.25, 0.3) is 0 Å². The Kier molecular flexibility index (Phi) is 5.67. The summed E-state index contributed by atoms with van der Waals surface area (Å²) in [5.74, 6) is 4.84. The van der Waals surface area contributed by atoms with Crippen LogP contribution in [0.2, 0.25) is 0 Å². The van der Waals surface area contributed by atoms with Crippen LogP contribution in [0.4, 0.5) is 5.69 Å². The van der Waals surface area contributed by atoms with Gasteiger partial charge in [0.1, 0.15) is 0 Å². The first kappa shape index (κ1) is 17.4. The highest BCUT2D eigenvalue weighted by Gasteiger charge is 2.19. The highest BCUT2D eigenvalue weighted by Crippen LogP contribution is 2.26. The van der Waals surface area contributed by atoms with Crippen molar-refractivity contribution in [2.24, 2.45) is 16.2 Å². The Morgan fingerprint density at radius 2 is 2.00 bits per heavy atom. The molecule has 1 fully saturated rings. The largest absolute Gasteiger partial charge is 0.382 e. The van der Waals surface area contributed by atoms with Gasteiger partial charge in [-0.2, -0.15) is 0 Å². The minimum atomic E-state index is -3.60.